The minimum absolute atomic E-state index is 0.278. The molecular formula is C11H10ClN3O. The molecular weight excluding hydrogens is 226 g/mol. The van der Waals surface area contributed by atoms with E-state index in [-0.39, 0.29) is 6.01 Å². The zero-order valence-electron chi connectivity index (χ0n) is 8.72. The topological polar surface area (TPSA) is 47.9 Å². The summed E-state index contributed by atoms with van der Waals surface area (Å²) in [5.41, 5.74) is 1.74. The Kier molecular flexibility index (Phi) is 3.31. The second-order valence-corrected chi connectivity index (χ2v) is 3.74. The average Bonchev–Trinajstić information content (AvgIpc) is 2.27. The normalized spacial score (nSPS) is 10.1. The van der Waals surface area contributed by atoms with Crippen molar-refractivity contribution in [1.82, 2.24) is 15.2 Å². The monoisotopic (exact) mass is 235 g/mol. The number of hydrogen-bond acceptors (Lipinski definition) is 4. The molecule has 0 saturated carbocycles. The van der Waals surface area contributed by atoms with E-state index in [9.17, 15) is 0 Å². The van der Waals surface area contributed by atoms with Crippen LogP contribution in [0, 0.1) is 6.92 Å². The van der Waals surface area contributed by atoms with E-state index in [0.29, 0.717) is 11.6 Å². The molecule has 4 nitrogen and oxygen atoms in total. The fourth-order valence-corrected chi connectivity index (χ4v) is 1.41. The number of aromatic nitrogens is 3. The van der Waals surface area contributed by atoms with Gasteiger partial charge in [-0.15, -0.1) is 0 Å². The molecule has 2 rings (SSSR count). The van der Waals surface area contributed by atoms with Crippen molar-refractivity contribution in [3.8, 4) is 6.01 Å². The van der Waals surface area contributed by atoms with E-state index in [1.165, 1.54) is 0 Å². The van der Waals surface area contributed by atoms with E-state index in [4.69, 9.17) is 16.3 Å². The van der Waals surface area contributed by atoms with E-state index < -0.39 is 0 Å². The Labute approximate surface area is 98.3 Å². The summed E-state index contributed by atoms with van der Waals surface area (Å²) in [4.78, 5) is 4.08. The molecule has 1 aromatic heterocycles. The fraction of sp³-hybridized carbons (Fsp3) is 0.182. The van der Waals surface area contributed by atoms with E-state index in [2.05, 4.69) is 15.2 Å². The molecule has 1 heterocycles. The lowest BCUT2D eigenvalue weighted by molar-refractivity contribution is 0.276. The number of hydrogen-bond donors (Lipinski definition) is 0. The molecule has 0 bridgehead atoms. The molecule has 1 aromatic carbocycles. The summed E-state index contributed by atoms with van der Waals surface area (Å²) in [5.74, 6) is 0. The summed E-state index contributed by atoms with van der Waals surface area (Å²) >= 11 is 5.85. The van der Waals surface area contributed by atoms with Crippen LogP contribution in [-0.2, 0) is 6.61 Å². The number of halogens is 1. The summed E-state index contributed by atoms with van der Waals surface area (Å²) in [6.07, 6.45) is 1.58. The van der Waals surface area contributed by atoms with Crippen LogP contribution in [0.5, 0.6) is 6.01 Å². The minimum Gasteiger partial charge on any atom is -0.458 e. The van der Waals surface area contributed by atoms with Crippen molar-refractivity contribution in [2.75, 3.05) is 0 Å². The van der Waals surface area contributed by atoms with E-state index in [0.717, 1.165) is 11.3 Å². The number of ether oxygens (including phenoxy) is 1. The SMILES string of the molecule is Cc1cnnc(OCc2cccc(Cl)c2)n1. The van der Waals surface area contributed by atoms with Gasteiger partial charge in [-0.2, -0.15) is 10.1 Å². The van der Waals surface area contributed by atoms with Gasteiger partial charge in [0.15, 0.2) is 0 Å². The third kappa shape index (κ3) is 2.90. The quantitative estimate of drug-likeness (QED) is 0.820. The highest BCUT2D eigenvalue weighted by Crippen LogP contribution is 2.12. The smallest absolute Gasteiger partial charge is 0.336 e. The highest BCUT2D eigenvalue weighted by atomic mass is 35.5. The zero-order valence-corrected chi connectivity index (χ0v) is 9.48. The van der Waals surface area contributed by atoms with Crippen molar-refractivity contribution in [3.05, 3.63) is 46.7 Å². The van der Waals surface area contributed by atoms with E-state index in [1.807, 2.05) is 31.2 Å². The molecule has 0 amide bonds. The van der Waals surface area contributed by atoms with Gasteiger partial charge in [-0.05, 0) is 24.6 Å². The maximum absolute atomic E-state index is 5.85. The molecule has 16 heavy (non-hydrogen) atoms. The van der Waals surface area contributed by atoms with Crippen LogP contribution in [0.15, 0.2) is 30.5 Å². The molecule has 0 aliphatic heterocycles. The van der Waals surface area contributed by atoms with E-state index >= 15 is 0 Å². The van der Waals surface area contributed by atoms with Crippen molar-refractivity contribution in [2.24, 2.45) is 0 Å². The Balaban J connectivity index is 2.02. The second-order valence-electron chi connectivity index (χ2n) is 3.30. The Morgan fingerprint density at radius 2 is 2.25 bits per heavy atom. The predicted molar refractivity (Wildman–Crippen MR) is 60.3 cm³/mol. The van der Waals surface area contributed by atoms with E-state index in [1.54, 1.807) is 6.20 Å². The summed E-state index contributed by atoms with van der Waals surface area (Å²) < 4.78 is 5.38. The lowest BCUT2D eigenvalue weighted by Gasteiger charge is -2.04. The van der Waals surface area contributed by atoms with Crippen LogP contribution in [0.2, 0.25) is 5.02 Å². The molecule has 0 unspecified atom stereocenters. The zero-order chi connectivity index (χ0) is 11.4. The Morgan fingerprint density at radius 3 is 3.00 bits per heavy atom. The Morgan fingerprint density at radius 1 is 1.38 bits per heavy atom. The highest BCUT2D eigenvalue weighted by molar-refractivity contribution is 6.30. The summed E-state index contributed by atoms with van der Waals surface area (Å²) in [5, 5.41) is 8.20. The number of rotatable bonds is 3. The molecule has 0 N–H and O–H groups in total. The van der Waals surface area contributed by atoms with Crippen molar-refractivity contribution >= 4 is 11.6 Å². The lowest BCUT2D eigenvalue weighted by atomic mass is 10.2. The molecule has 0 saturated heterocycles. The minimum atomic E-state index is 0.278. The van der Waals surface area contributed by atoms with Gasteiger partial charge in [0.25, 0.3) is 0 Å². The first-order valence-electron chi connectivity index (χ1n) is 4.77. The molecule has 0 radical (unpaired) electrons. The molecule has 0 atom stereocenters. The van der Waals surface area contributed by atoms with Gasteiger partial charge < -0.3 is 4.74 Å². The molecule has 0 aliphatic rings. The first kappa shape index (κ1) is 10.8. The van der Waals surface area contributed by atoms with Gasteiger partial charge in [0.2, 0.25) is 0 Å². The molecule has 82 valence electrons. The van der Waals surface area contributed by atoms with Crippen LogP contribution in [0.1, 0.15) is 11.3 Å². The molecule has 0 aliphatic carbocycles. The maximum atomic E-state index is 5.85. The summed E-state index contributed by atoms with van der Waals surface area (Å²) in [6, 6.07) is 7.73. The molecule has 0 fully saturated rings. The van der Waals surface area contributed by atoms with Crippen LogP contribution in [0.25, 0.3) is 0 Å². The van der Waals surface area contributed by atoms with Gasteiger partial charge in [0, 0.05) is 5.02 Å². The van der Waals surface area contributed by atoms with Gasteiger partial charge in [0.1, 0.15) is 6.61 Å². The fourth-order valence-electron chi connectivity index (χ4n) is 1.20. The lowest BCUT2D eigenvalue weighted by Crippen LogP contribution is -2.01. The van der Waals surface area contributed by atoms with Crippen LogP contribution in [0.4, 0.5) is 0 Å². The Bertz CT molecular complexity index is 445. The number of nitrogens with zero attached hydrogens (tertiary/aromatic N) is 3. The second kappa shape index (κ2) is 4.90. The number of benzene rings is 1. The molecule has 2 aromatic rings. The van der Waals surface area contributed by atoms with Gasteiger partial charge in [-0.1, -0.05) is 28.8 Å². The van der Waals surface area contributed by atoms with Crippen LogP contribution >= 0.6 is 11.6 Å². The number of aryl methyl sites for hydroxylation is 1. The third-order valence-electron chi connectivity index (χ3n) is 1.92. The van der Waals surface area contributed by atoms with Crippen LogP contribution in [-0.4, -0.2) is 15.2 Å². The van der Waals surface area contributed by atoms with Crippen molar-refractivity contribution in [3.63, 3.8) is 0 Å². The van der Waals surface area contributed by atoms with Gasteiger partial charge in [0.05, 0.1) is 11.9 Å². The van der Waals surface area contributed by atoms with Crippen molar-refractivity contribution in [1.29, 1.82) is 0 Å². The maximum Gasteiger partial charge on any atom is 0.336 e. The largest absolute Gasteiger partial charge is 0.458 e. The van der Waals surface area contributed by atoms with Crippen molar-refractivity contribution < 1.29 is 4.74 Å². The van der Waals surface area contributed by atoms with Crippen LogP contribution in [0.3, 0.4) is 0 Å². The first-order chi connectivity index (χ1) is 7.74. The van der Waals surface area contributed by atoms with Gasteiger partial charge in [-0.3, -0.25) is 0 Å². The van der Waals surface area contributed by atoms with Gasteiger partial charge >= 0.3 is 6.01 Å². The Hall–Kier alpha value is -1.68. The average molecular weight is 236 g/mol. The summed E-state index contributed by atoms with van der Waals surface area (Å²) in [6.45, 7) is 2.21. The first-order valence-corrected chi connectivity index (χ1v) is 5.15. The predicted octanol–water partition coefficient (Wildman–Crippen LogP) is 2.41. The molecule has 0 spiro atoms. The third-order valence-corrected chi connectivity index (χ3v) is 2.15. The van der Waals surface area contributed by atoms with Crippen molar-refractivity contribution in [2.45, 2.75) is 13.5 Å². The molecule has 5 heteroatoms. The van der Waals surface area contributed by atoms with Crippen LogP contribution < -0.4 is 4.74 Å². The van der Waals surface area contributed by atoms with Gasteiger partial charge in [-0.25, -0.2) is 0 Å². The standard InChI is InChI=1S/C11H10ClN3O/c1-8-6-13-15-11(14-8)16-7-9-3-2-4-10(12)5-9/h2-6H,7H2,1H3. The summed E-state index contributed by atoms with van der Waals surface area (Å²) in [7, 11) is 0. The highest BCUT2D eigenvalue weighted by Gasteiger charge is 2.00.